The lowest BCUT2D eigenvalue weighted by atomic mass is 10.2. The van der Waals surface area contributed by atoms with Crippen molar-refractivity contribution in [3.8, 4) is 0 Å². The van der Waals surface area contributed by atoms with Crippen LogP contribution in [0.1, 0.15) is 27.2 Å². The molecule has 5 nitrogen and oxygen atoms in total. The molecular weight excluding hydrogens is 242 g/mol. The number of nitrogens with one attached hydrogen (secondary N) is 1. The second-order valence-corrected chi connectivity index (χ2v) is 5.80. The summed E-state index contributed by atoms with van der Waals surface area (Å²) in [5, 5.41) is 3.38. The van der Waals surface area contributed by atoms with E-state index in [1.165, 1.54) is 0 Å². The number of aromatic nitrogens is 1. The number of anilines is 1. The average Bonchev–Trinajstić information content (AvgIpc) is 2.77. The minimum Gasteiger partial charge on any atom is -0.444 e. The normalized spacial score (nSPS) is 19.3. The number of amides is 1. The Morgan fingerprint density at radius 2 is 2.32 bits per heavy atom. The van der Waals surface area contributed by atoms with Crippen molar-refractivity contribution < 1.29 is 9.53 Å². The average molecular weight is 263 g/mol. The minimum atomic E-state index is -0.439. The molecule has 0 unspecified atom stereocenters. The van der Waals surface area contributed by atoms with Gasteiger partial charge in [-0.3, -0.25) is 4.98 Å². The second-order valence-electron chi connectivity index (χ2n) is 5.80. The third kappa shape index (κ3) is 4.12. The zero-order valence-electron chi connectivity index (χ0n) is 11.7. The van der Waals surface area contributed by atoms with Gasteiger partial charge in [0.05, 0.1) is 5.69 Å². The second kappa shape index (κ2) is 5.47. The highest BCUT2D eigenvalue weighted by Crippen LogP contribution is 2.18. The number of carbonyl (C=O) groups excluding carboxylic acids is 1. The number of ether oxygens (including phenoxy) is 1. The van der Waals surface area contributed by atoms with Crippen molar-refractivity contribution in [1.82, 2.24) is 9.88 Å². The molecular formula is C14H21N3O2. The summed E-state index contributed by atoms with van der Waals surface area (Å²) in [7, 11) is 0. The number of likely N-dealkylation sites (tertiary alicyclic amines) is 1. The molecule has 0 spiro atoms. The van der Waals surface area contributed by atoms with Crippen molar-refractivity contribution in [2.24, 2.45) is 0 Å². The van der Waals surface area contributed by atoms with E-state index in [-0.39, 0.29) is 12.1 Å². The Labute approximate surface area is 114 Å². The summed E-state index contributed by atoms with van der Waals surface area (Å²) in [6.07, 6.45) is 4.22. The highest BCUT2D eigenvalue weighted by molar-refractivity contribution is 5.68. The Kier molecular flexibility index (Phi) is 3.93. The van der Waals surface area contributed by atoms with Crippen LogP contribution in [0.15, 0.2) is 24.5 Å². The molecule has 19 heavy (non-hydrogen) atoms. The zero-order valence-corrected chi connectivity index (χ0v) is 11.7. The Bertz CT molecular complexity index is 428. The molecule has 0 aromatic carbocycles. The van der Waals surface area contributed by atoms with Gasteiger partial charge < -0.3 is 15.0 Å². The number of hydrogen-bond donors (Lipinski definition) is 1. The van der Waals surface area contributed by atoms with Gasteiger partial charge in [-0.05, 0) is 39.3 Å². The highest BCUT2D eigenvalue weighted by Gasteiger charge is 2.29. The quantitative estimate of drug-likeness (QED) is 0.890. The summed E-state index contributed by atoms with van der Waals surface area (Å²) < 4.78 is 5.37. The van der Waals surface area contributed by atoms with Crippen molar-refractivity contribution in [3.63, 3.8) is 0 Å². The molecule has 1 atom stereocenters. The predicted molar refractivity (Wildman–Crippen MR) is 74.1 cm³/mol. The third-order valence-electron chi connectivity index (χ3n) is 2.87. The molecule has 104 valence electrons. The first-order valence-electron chi connectivity index (χ1n) is 6.58. The van der Waals surface area contributed by atoms with Crippen LogP contribution in [0.5, 0.6) is 0 Å². The van der Waals surface area contributed by atoms with E-state index < -0.39 is 5.60 Å². The number of nitrogens with zero attached hydrogens (tertiary/aromatic N) is 2. The van der Waals surface area contributed by atoms with Crippen molar-refractivity contribution >= 4 is 11.8 Å². The van der Waals surface area contributed by atoms with Crippen molar-refractivity contribution in [2.75, 3.05) is 18.4 Å². The molecule has 1 aromatic heterocycles. The Morgan fingerprint density at radius 3 is 2.95 bits per heavy atom. The molecule has 0 aliphatic carbocycles. The molecule has 2 heterocycles. The fraction of sp³-hybridized carbons (Fsp3) is 0.571. The van der Waals surface area contributed by atoms with Crippen LogP contribution >= 0.6 is 0 Å². The van der Waals surface area contributed by atoms with Gasteiger partial charge in [0.1, 0.15) is 5.60 Å². The van der Waals surface area contributed by atoms with Crippen molar-refractivity contribution in [3.05, 3.63) is 24.5 Å². The van der Waals surface area contributed by atoms with Crippen LogP contribution in [0.2, 0.25) is 0 Å². The lowest BCUT2D eigenvalue weighted by Gasteiger charge is -2.24. The molecule has 0 saturated carbocycles. The maximum atomic E-state index is 11.9. The van der Waals surface area contributed by atoms with Crippen LogP contribution in [0.25, 0.3) is 0 Å². The molecule has 1 N–H and O–H groups in total. The molecule has 1 saturated heterocycles. The van der Waals surface area contributed by atoms with Gasteiger partial charge in [0, 0.05) is 31.5 Å². The van der Waals surface area contributed by atoms with Gasteiger partial charge in [-0.2, -0.15) is 0 Å². The van der Waals surface area contributed by atoms with Gasteiger partial charge in [0.15, 0.2) is 0 Å². The molecule has 2 rings (SSSR count). The zero-order chi connectivity index (χ0) is 13.9. The number of rotatable bonds is 2. The molecule has 5 heteroatoms. The summed E-state index contributed by atoms with van der Waals surface area (Å²) in [6, 6.07) is 4.13. The maximum absolute atomic E-state index is 11.9. The molecule has 0 bridgehead atoms. The summed E-state index contributed by atoms with van der Waals surface area (Å²) in [5.41, 5.74) is 0.546. The lowest BCUT2D eigenvalue weighted by molar-refractivity contribution is 0.0293. The molecule has 0 radical (unpaired) electrons. The summed E-state index contributed by atoms with van der Waals surface area (Å²) in [5.74, 6) is 0. The van der Waals surface area contributed by atoms with Crippen LogP contribution in [0.3, 0.4) is 0 Å². The summed E-state index contributed by atoms with van der Waals surface area (Å²) in [4.78, 5) is 17.7. The first-order valence-corrected chi connectivity index (χ1v) is 6.58. The van der Waals surface area contributed by atoms with E-state index in [0.717, 1.165) is 18.7 Å². The maximum Gasteiger partial charge on any atom is 0.410 e. The van der Waals surface area contributed by atoms with E-state index in [4.69, 9.17) is 4.74 Å². The number of pyridine rings is 1. The number of hydrogen-bond acceptors (Lipinski definition) is 4. The first-order chi connectivity index (χ1) is 8.94. The summed E-state index contributed by atoms with van der Waals surface area (Å²) >= 11 is 0. The molecule has 1 aromatic rings. The Hall–Kier alpha value is -1.78. The van der Waals surface area contributed by atoms with Gasteiger partial charge in [-0.25, -0.2) is 4.79 Å². The van der Waals surface area contributed by atoms with Crippen molar-refractivity contribution in [2.45, 2.75) is 38.8 Å². The van der Waals surface area contributed by atoms with E-state index in [1.807, 2.05) is 32.9 Å². The first kappa shape index (κ1) is 13.6. The van der Waals surface area contributed by atoms with Gasteiger partial charge in [0.25, 0.3) is 0 Å². The van der Waals surface area contributed by atoms with E-state index in [2.05, 4.69) is 10.3 Å². The standard InChI is InChI=1S/C14H21N3O2/c1-14(2,3)19-13(18)17-8-6-12(10-17)16-11-5-4-7-15-9-11/h4-5,7,9,12,16H,6,8,10H2,1-3H3/t12-/m1/s1. The van der Waals surface area contributed by atoms with E-state index >= 15 is 0 Å². The van der Waals surface area contributed by atoms with Crippen LogP contribution in [0, 0.1) is 0 Å². The Balaban J connectivity index is 1.85. The fourth-order valence-electron chi connectivity index (χ4n) is 2.05. The summed E-state index contributed by atoms with van der Waals surface area (Å²) in [6.45, 7) is 7.04. The fourth-order valence-corrected chi connectivity index (χ4v) is 2.05. The van der Waals surface area contributed by atoms with E-state index in [1.54, 1.807) is 17.3 Å². The molecule has 1 aliphatic heterocycles. The number of carbonyl (C=O) groups is 1. The third-order valence-corrected chi connectivity index (χ3v) is 2.87. The van der Waals surface area contributed by atoms with Crippen molar-refractivity contribution in [1.29, 1.82) is 0 Å². The topological polar surface area (TPSA) is 54.5 Å². The Morgan fingerprint density at radius 1 is 1.53 bits per heavy atom. The predicted octanol–water partition coefficient (Wildman–Crippen LogP) is 2.50. The van der Waals surface area contributed by atoms with Gasteiger partial charge in [-0.1, -0.05) is 0 Å². The minimum absolute atomic E-state index is 0.233. The smallest absolute Gasteiger partial charge is 0.410 e. The van der Waals surface area contributed by atoms with Gasteiger partial charge in [0.2, 0.25) is 0 Å². The molecule has 1 fully saturated rings. The van der Waals surface area contributed by atoms with Gasteiger partial charge in [-0.15, -0.1) is 0 Å². The molecule has 1 amide bonds. The van der Waals surface area contributed by atoms with E-state index in [0.29, 0.717) is 6.54 Å². The lowest BCUT2D eigenvalue weighted by Crippen LogP contribution is -2.36. The van der Waals surface area contributed by atoms with Crippen LogP contribution < -0.4 is 5.32 Å². The largest absolute Gasteiger partial charge is 0.444 e. The van der Waals surface area contributed by atoms with Crippen LogP contribution in [0.4, 0.5) is 10.5 Å². The van der Waals surface area contributed by atoms with E-state index in [9.17, 15) is 4.79 Å². The highest BCUT2D eigenvalue weighted by atomic mass is 16.6. The van der Waals surface area contributed by atoms with Gasteiger partial charge >= 0.3 is 6.09 Å². The van der Waals surface area contributed by atoms with Crippen LogP contribution in [-0.2, 0) is 4.74 Å². The monoisotopic (exact) mass is 263 g/mol. The SMILES string of the molecule is CC(C)(C)OC(=O)N1CC[C@@H](Nc2cccnc2)C1. The molecule has 1 aliphatic rings. The van der Waals surface area contributed by atoms with Crippen LogP contribution in [-0.4, -0.2) is 40.7 Å².